The number of benzene rings is 1. The smallest absolute Gasteiger partial charge is 0.261 e. The molecule has 1 aliphatic heterocycles. The molecule has 2 aromatic rings. The molecule has 0 aliphatic carbocycles. The van der Waals surface area contributed by atoms with Crippen molar-refractivity contribution in [2.45, 2.75) is 13.3 Å². The molecule has 0 bridgehead atoms. The summed E-state index contributed by atoms with van der Waals surface area (Å²) in [5, 5.41) is 3.07. The summed E-state index contributed by atoms with van der Waals surface area (Å²) in [6.07, 6.45) is 1.10. The van der Waals surface area contributed by atoms with Crippen molar-refractivity contribution in [3.63, 3.8) is 0 Å². The highest BCUT2D eigenvalue weighted by molar-refractivity contribution is 7.13. The Bertz CT molecular complexity index is 683. The van der Waals surface area contributed by atoms with Crippen LogP contribution in [0.3, 0.4) is 0 Å². The van der Waals surface area contributed by atoms with Crippen molar-refractivity contribution >= 4 is 22.9 Å². The van der Waals surface area contributed by atoms with Gasteiger partial charge < -0.3 is 15.0 Å². The van der Waals surface area contributed by atoms with Crippen LogP contribution in [0, 0.1) is 12.8 Å². The van der Waals surface area contributed by atoms with Gasteiger partial charge >= 0.3 is 0 Å². The fourth-order valence-electron chi connectivity index (χ4n) is 2.92. The number of thiophene rings is 1. The highest BCUT2D eigenvalue weighted by Gasteiger charge is 2.23. The lowest BCUT2D eigenvalue weighted by Crippen LogP contribution is -2.30. The van der Waals surface area contributed by atoms with Gasteiger partial charge in [0.05, 0.1) is 12.0 Å². The van der Waals surface area contributed by atoms with E-state index in [0.29, 0.717) is 5.92 Å². The lowest BCUT2D eigenvalue weighted by Gasteiger charge is -2.19. The molecule has 0 unspecified atom stereocenters. The number of nitrogens with one attached hydrogen (secondary N) is 1. The molecule has 1 aliphatic rings. The SMILES string of the molecule is COc1cccc(N2CC[C@H](CNC(=O)c3ccc(C)s3)C2)c1. The van der Waals surface area contributed by atoms with E-state index in [1.165, 1.54) is 10.6 Å². The molecule has 0 radical (unpaired) electrons. The number of rotatable bonds is 5. The fourth-order valence-corrected chi connectivity index (χ4v) is 3.71. The van der Waals surface area contributed by atoms with Crippen molar-refractivity contribution in [1.29, 1.82) is 0 Å². The number of methoxy groups -OCH3 is 1. The zero-order chi connectivity index (χ0) is 16.2. The van der Waals surface area contributed by atoms with Crippen LogP contribution in [0.25, 0.3) is 0 Å². The summed E-state index contributed by atoms with van der Waals surface area (Å²) < 4.78 is 5.29. The van der Waals surface area contributed by atoms with Gasteiger partial charge in [0.25, 0.3) is 5.91 Å². The molecule has 1 fully saturated rings. The molecule has 1 amide bonds. The van der Waals surface area contributed by atoms with E-state index in [0.717, 1.165) is 36.7 Å². The number of carbonyl (C=O) groups excluding carboxylic acids is 1. The van der Waals surface area contributed by atoms with E-state index < -0.39 is 0 Å². The van der Waals surface area contributed by atoms with Crippen molar-refractivity contribution in [3.8, 4) is 5.75 Å². The second-order valence-corrected chi connectivity index (χ2v) is 7.21. The first-order valence-electron chi connectivity index (χ1n) is 7.89. The maximum absolute atomic E-state index is 12.1. The molecule has 3 rings (SSSR count). The number of carbonyl (C=O) groups is 1. The highest BCUT2D eigenvalue weighted by Crippen LogP contribution is 2.26. The fraction of sp³-hybridized carbons (Fsp3) is 0.389. The largest absolute Gasteiger partial charge is 0.497 e. The van der Waals surface area contributed by atoms with Crippen LogP contribution in [-0.4, -0.2) is 32.7 Å². The van der Waals surface area contributed by atoms with E-state index in [9.17, 15) is 4.79 Å². The van der Waals surface area contributed by atoms with E-state index >= 15 is 0 Å². The quantitative estimate of drug-likeness (QED) is 0.914. The summed E-state index contributed by atoms with van der Waals surface area (Å²) in [6.45, 7) is 4.74. The molecule has 2 heterocycles. The van der Waals surface area contributed by atoms with E-state index in [1.54, 1.807) is 18.4 Å². The van der Waals surface area contributed by atoms with Gasteiger partial charge in [0.15, 0.2) is 0 Å². The predicted molar refractivity (Wildman–Crippen MR) is 94.7 cm³/mol. The number of aryl methyl sites for hydroxylation is 1. The number of hydrogen-bond acceptors (Lipinski definition) is 4. The molecule has 1 saturated heterocycles. The Morgan fingerprint density at radius 1 is 1.39 bits per heavy atom. The molecule has 0 spiro atoms. The molecular formula is C18H22N2O2S. The highest BCUT2D eigenvalue weighted by atomic mass is 32.1. The van der Waals surface area contributed by atoms with Crippen LogP contribution in [0.2, 0.25) is 0 Å². The minimum atomic E-state index is 0.0444. The van der Waals surface area contributed by atoms with Gasteiger partial charge in [-0.1, -0.05) is 6.07 Å². The Labute approximate surface area is 141 Å². The third-order valence-electron chi connectivity index (χ3n) is 4.22. The molecule has 0 saturated carbocycles. The molecule has 4 nitrogen and oxygen atoms in total. The predicted octanol–water partition coefficient (Wildman–Crippen LogP) is 3.32. The Hall–Kier alpha value is -2.01. The number of ether oxygens (including phenoxy) is 1. The molecule has 5 heteroatoms. The van der Waals surface area contributed by atoms with Gasteiger partial charge in [-0.25, -0.2) is 0 Å². The van der Waals surface area contributed by atoms with E-state index in [-0.39, 0.29) is 5.91 Å². The van der Waals surface area contributed by atoms with Gasteiger partial charge in [0.2, 0.25) is 0 Å². The third kappa shape index (κ3) is 3.85. The first kappa shape index (κ1) is 15.9. The van der Waals surface area contributed by atoms with Gasteiger partial charge in [-0.3, -0.25) is 4.79 Å². The normalized spacial score (nSPS) is 17.3. The van der Waals surface area contributed by atoms with Gasteiger partial charge in [-0.2, -0.15) is 0 Å². The standard InChI is InChI=1S/C18H22N2O2S/c1-13-6-7-17(23-13)18(21)19-11-14-8-9-20(12-14)15-4-3-5-16(10-15)22-2/h3-7,10,14H,8-9,11-12H2,1-2H3,(H,19,21)/t14-/m1/s1. The summed E-state index contributed by atoms with van der Waals surface area (Å²) in [6, 6.07) is 12.0. The van der Waals surface area contributed by atoms with Gasteiger partial charge in [-0.05, 0) is 43.5 Å². The molecular weight excluding hydrogens is 308 g/mol. The van der Waals surface area contributed by atoms with Crippen molar-refractivity contribution in [1.82, 2.24) is 5.32 Å². The minimum Gasteiger partial charge on any atom is -0.497 e. The lowest BCUT2D eigenvalue weighted by molar-refractivity contribution is 0.0952. The number of anilines is 1. The van der Waals surface area contributed by atoms with Crippen molar-refractivity contribution in [2.24, 2.45) is 5.92 Å². The summed E-state index contributed by atoms with van der Waals surface area (Å²) >= 11 is 1.54. The molecule has 1 aromatic carbocycles. The number of nitrogens with zero attached hydrogens (tertiary/aromatic N) is 1. The van der Waals surface area contributed by atoms with Crippen LogP contribution >= 0.6 is 11.3 Å². The molecule has 1 atom stereocenters. The molecule has 1 N–H and O–H groups in total. The van der Waals surface area contributed by atoms with Crippen molar-refractivity contribution < 1.29 is 9.53 Å². The van der Waals surface area contributed by atoms with Gasteiger partial charge in [-0.15, -0.1) is 11.3 Å². The van der Waals surface area contributed by atoms with Gasteiger partial charge in [0.1, 0.15) is 5.75 Å². The second kappa shape index (κ2) is 7.04. The van der Waals surface area contributed by atoms with E-state index in [4.69, 9.17) is 4.74 Å². The monoisotopic (exact) mass is 330 g/mol. The topological polar surface area (TPSA) is 41.6 Å². The zero-order valence-electron chi connectivity index (χ0n) is 13.5. The van der Waals surface area contributed by atoms with Crippen LogP contribution < -0.4 is 15.0 Å². The van der Waals surface area contributed by atoms with Crippen LogP contribution in [0.15, 0.2) is 36.4 Å². The Morgan fingerprint density at radius 3 is 3.00 bits per heavy atom. The molecule has 1 aromatic heterocycles. The maximum atomic E-state index is 12.1. The average Bonchev–Trinajstić information content (AvgIpc) is 3.22. The van der Waals surface area contributed by atoms with Crippen molar-refractivity contribution in [3.05, 3.63) is 46.2 Å². The Morgan fingerprint density at radius 2 is 2.26 bits per heavy atom. The van der Waals surface area contributed by atoms with Crippen LogP contribution in [-0.2, 0) is 0 Å². The Balaban J connectivity index is 1.52. The maximum Gasteiger partial charge on any atom is 0.261 e. The Kier molecular flexibility index (Phi) is 4.86. The number of amides is 1. The number of hydrogen-bond donors (Lipinski definition) is 1. The molecule has 122 valence electrons. The summed E-state index contributed by atoms with van der Waals surface area (Å²) in [5.41, 5.74) is 1.19. The van der Waals surface area contributed by atoms with E-state index in [1.807, 2.05) is 31.2 Å². The first-order chi connectivity index (χ1) is 11.2. The van der Waals surface area contributed by atoms with Crippen molar-refractivity contribution in [2.75, 3.05) is 31.6 Å². The zero-order valence-corrected chi connectivity index (χ0v) is 14.4. The van der Waals surface area contributed by atoms with E-state index in [2.05, 4.69) is 22.3 Å². The molecule has 23 heavy (non-hydrogen) atoms. The minimum absolute atomic E-state index is 0.0444. The summed E-state index contributed by atoms with van der Waals surface area (Å²) in [5.74, 6) is 1.42. The van der Waals surface area contributed by atoms with Crippen LogP contribution in [0.1, 0.15) is 21.0 Å². The first-order valence-corrected chi connectivity index (χ1v) is 8.71. The summed E-state index contributed by atoms with van der Waals surface area (Å²) in [4.78, 5) is 16.4. The lowest BCUT2D eigenvalue weighted by atomic mass is 10.1. The van der Waals surface area contributed by atoms with Crippen LogP contribution in [0.4, 0.5) is 5.69 Å². The average molecular weight is 330 g/mol. The summed E-state index contributed by atoms with van der Waals surface area (Å²) in [7, 11) is 1.69. The van der Waals surface area contributed by atoms with Gasteiger partial charge in [0, 0.05) is 36.3 Å². The third-order valence-corrected chi connectivity index (χ3v) is 5.22. The second-order valence-electron chi connectivity index (χ2n) is 5.92. The van der Waals surface area contributed by atoms with Crippen LogP contribution in [0.5, 0.6) is 5.75 Å².